The van der Waals surface area contributed by atoms with E-state index in [0.717, 1.165) is 19.6 Å². The van der Waals surface area contributed by atoms with Crippen LogP contribution in [0.25, 0.3) is 0 Å². The van der Waals surface area contributed by atoms with Gasteiger partial charge in [0.15, 0.2) is 0 Å². The molecule has 2 aliphatic rings. The van der Waals surface area contributed by atoms with Gasteiger partial charge in [0, 0.05) is 24.8 Å². The third-order valence-corrected chi connectivity index (χ3v) is 9.74. The molecule has 0 radical (unpaired) electrons. The standard InChI is InChI=1S/C27H33N2OPS/c1-21(32-3)27(28-29-19-11-12-22(29)20-30-2)25-17-10-18-26(25)31(23-13-6-4-7-14-23)24-15-8-5-9-16-24/h4-10,13-18,21-22,25H,11-12,19-20H2,1-3H3/b28-27+/t21-,22+,25?/m1/s1. The minimum Gasteiger partial charge on any atom is -0.382 e. The first-order valence-corrected chi connectivity index (χ1v) is 14.0. The number of rotatable bonds is 9. The average Bonchev–Trinajstić information content (AvgIpc) is 3.48. The molecule has 1 aliphatic carbocycles. The van der Waals surface area contributed by atoms with Gasteiger partial charge in [-0.15, -0.1) is 0 Å². The van der Waals surface area contributed by atoms with E-state index in [0.29, 0.717) is 11.3 Å². The molecule has 0 aromatic heterocycles. The summed E-state index contributed by atoms with van der Waals surface area (Å²) in [5, 5.41) is 12.2. The lowest BCUT2D eigenvalue weighted by Crippen LogP contribution is -2.33. The number of ether oxygens (including phenoxy) is 1. The van der Waals surface area contributed by atoms with Crippen LogP contribution < -0.4 is 10.6 Å². The molecule has 1 heterocycles. The smallest absolute Gasteiger partial charge is 0.0704 e. The van der Waals surface area contributed by atoms with Crippen molar-refractivity contribution in [2.75, 3.05) is 26.5 Å². The van der Waals surface area contributed by atoms with Gasteiger partial charge in [-0.25, -0.2) is 0 Å². The van der Waals surface area contributed by atoms with E-state index in [1.807, 2.05) is 11.8 Å². The molecule has 0 amide bonds. The zero-order valence-electron chi connectivity index (χ0n) is 19.2. The molecule has 1 unspecified atom stereocenters. The summed E-state index contributed by atoms with van der Waals surface area (Å²) in [7, 11) is 1.17. The molecule has 2 aromatic carbocycles. The van der Waals surface area contributed by atoms with Crippen LogP contribution in [0.1, 0.15) is 19.8 Å². The van der Waals surface area contributed by atoms with Crippen LogP contribution in [-0.4, -0.2) is 48.5 Å². The fourth-order valence-corrected chi connectivity index (χ4v) is 7.51. The largest absolute Gasteiger partial charge is 0.382 e. The number of hydrazone groups is 1. The second-order valence-electron chi connectivity index (χ2n) is 8.28. The molecular formula is C27H33N2OPS. The minimum atomic E-state index is -0.624. The monoisotopic (exact) mass is 464 g/mol. The maximum Gasteiger partial charge on any atom is 0.0704 e. The van der Waals surface area contributed by atoms with Crippen molar-refractivity contribution in [3.8, 4) is 0 Å². The van der Waals surface area contributed by atoms with E-state index >= 15 is 0 Å². The Balaban J connectivity index is 1.73. The summed E-state index contributed by atoms with van der Waals surface area (Å²) in [6, 6.07) is 22.3. The van der Waals surface area contributed by atoms with Gasteiger partial charge < -0.3 is 4.74 Å². The molecule has 2 aromatic rings. The van der Waals surface area contributed by atoms with Crippen molar-refractivity contribution in [1.82, 2.24) is 5.01 Å². The van der Waals surface area contributed by atoms with Crippen LogP contribution in [0.3, 0.4) is 0 Å². The lowest BCUT2D eigenvalue weighted by atomic mass is 10.0. The number of hydrogen-bond acceptors (Lipinski definition) is 4. The van der Waals surface area contributed by atoms with Crippen LogP contribution in [-0.2, 0) is 4.74 Å². The Hall–Kier alpha value is -1.87. The highest BCUT2D eigenvalue weighted by atomic mass is 32.2. The van der Waals surface area contributed by atoms with Gasteiger partial charge in [0.05, 0.1) is 18.4 Å². The maximum absolute atomic E-state index is 5.49. The summed E-state index contributed by atoms with van der Waals surface area (Å²) in [4.78, 5) is 0. The Morgan fingerprint density at radius 2 is 1.78 bits per heavy atom. The van der Waals surface area contributed by atoms with Gasteiger partial charge in [-0.1, -0.05) is 78.9 Å². The fourth-order valence-electron chi connectivity index (χ4n) is 4.51. The number of methoxy groups -OCH3 is 1. The van der Waals surface area contributed by atoms with E-state index in [1.54, 1.807) is 7.11 Å². The number of allylic oxidation sites excluding steroid dienone is 4. The van der Waals surface area contributed by atoms with Gasteiger partial charge in [-0.05, 0) is 49.9 Å². The Labute approximate surface area is 198 Å². The average molecular weight is 465 g/mol. The number of nitrogens with zero attached hydrogens (tertiary/aromatic N) is 2. The highest BCUT2D eigenvalue weighted by Gasteiger charge is 2.33. The van der Waals surface area contributed by atoms with Crippen molar-refractivity contribution in [2.45, 2.75) is 31.1 Å². The van der Waals surface area contributed by atoms with E-state index in [9.17, 15) is 0 Å². The van der Waals surface area contributed by atoms with Crippen molar-refractivity contribution < 1.29 is 4.74 Å². The normalized spacial score (nSPS) is 21.9. The van der Waals surface area contributed by atoms with Gasteiger partial charge in [0.1, 0.15) is 0 Å². The number of thioether (sulfide) groups is 1. The molecule has 168 valence electrons. The maximum atomic E-state index is 5.49. The summed E-state index contributed by atoms with van der Waals surface area (Å²) in [5.74, 6) is 0.229. The first-order valence-electron chi connectivity index (χ1n) is 11.4. The van der Waals surface area contributed by atoms with Crippen molar-refractivity contribution in [3.05, 3.63) is 84.2 Å². The van der Waals surface area contributed by atoms with Gasteiger partial charge in [-0.3, -0.25) is 5.01 Å². The molecule has 5 heteroatoms. The van der Waals surface area contributed by atoms with E-state index in [4.69, 9.17) is 9.84 Å². The predicted octanol–water partition coefficient (Wildman–Crippen LogP) is 5.41. The number of hydrogen-bond donors (Lipinski definition) is 0. The summed E-state index contributed by atoms with van der Waals surface area (Å²) < 4.78 is 5.49. The highest BCUT2D eigenvalue weighted by Crippen LogP contribution is 2.50. The minimum absolute atomic E-state index is 0.229. The molecule has 0 saturated carbocycles. The Morgan fingerprint density at radius 3 is 2.38 bits per heavy atom. The van der Waals surface area contributed by atoms with E-state index < -0.39 is 7.92 Å². The summed E-state index contributed by atoms with van der Waals surface area (Å²) >= 11 is 1.88. The molecule has 1 saturated heterocycles. The van der Waals surface area contributed by atoms with Crippen LogP contribution in [0.2, 0.25) is 0 Å². The SMILES string of the molecule is COC[C@@H]1CCCN1/N=C(/C1C=CC=C1P(c1ccccc1)c1ccccc1)[C@@H](C)SC. The lowest BCUT2D eigenvalue weighted by Gasteiger charge is -2.30. The van der Waals surface area contributed by atoms with E-state index in [2.05, 4.69) is 97.1 Å². The van der Waals surface area contributed by atoms with Crippen LogP contribution in [0.4, 0.5) is 0 Å². The summed E-state index contributed by atoms with van der Waals surface area (Å²) in [6.45, 7) is 4.05. The molecule has 0 N–H and O–H groups in total. The topological polar surface area (TPSA) is 24.8 Å². The van der Waals surface area contributed by atoms with Crippen LogP contribution >= 0.6 is 19.7 Å². The molecule has 32 heavy (non-hydrogen) atoms. The summed E-state index contributed by atoms with van der Waals surface area (Å²) in [5.41, 5.74) is 1.26. The lowest BCUT2D eigenvalue weighted by molar-refractivity contribution is 0.117. The highest BCUT2D eigenvalue weighted by molar-refractivity contribution is 7.99. The van der Waals surface area contributed by atoms with Crippen LogP contribution in [0.15, 0.2) is 89.3 Å². The Bertz CT molecular complexity index is 921. The van der Waals surface area contributed by atoms with Gasteiger partial charge in [-0.2, -0.15) is 16.9 Å². The first kappa shape index (κ1) is 23.3. The molecule has 0 spiro atoms. The van der Waals surface area contributed by atoms with Crippen LogP contribution in [0, 0.1) is 5.92 Å². The third-order valence-electron chi connectivity index (χ3n) is 6.21. The summed E-state index contributed by atoms with van der Waals surface area (Å²) in [6.07, 6.45) is 11.5. The quantitative estimate of drug-likeness (QED) is 0.367. The van der Waals surface area contributed by atoms with Gasteiger partial charge in [0.2, 0.25) is 0 Å². The third kappa shape index (κ3) is 5.20. The van der Waals surface area contributed by atoms with Gasteiger partial charge >= 0.3 is 0 Å². The fraction of sp³-hybridized carbons (Fsp3) is 0.370. The predicted molar refractivity (Wildman–Crippen MR) is 142 cm³/mol. The molecule has 1 aliphatic heterocycles. The molecule has 3 atom stereocenters. The van der Waals surface area contributed by atoms with E-state index in [-0.39, 0.29) is 5.92 Å². The Morgan fingerprint density at radius 1 is 1.12 bits per heavy atom. The molecule has 3 nitrogen and oxygen atoms in total. The Kier molecular flexibility index (Phi) is 8.24. The van der Waals surface area contributed by atoms with Gasteiger partial charge in [0.25, 0.3) is 0 Å². The zero-order valence-corrected chi connectivity index (χ0v) is 20.9. The molecule has 4 rings (SSSR count). The number of benzene rings is 2. The zero-order chi connectivity index (χ0) is 22.3. The van der Waals surface area contributed by atoms with Crippen molar-refractivity contribution >= 4 is 36.0 Å². The van der Waals surface area contributed by atoms with Crippen molar-refractivity contribution in [1.29, 1.82) is 0 Å². The van der Waals surface area contributed by atoms with Crippen molar-refractivity contribution in [3.63, 3.8) is 0 Å². The second-order valence-corrected chi connectivity index (χ2v) is 11.7. The molecule has 1 fully saturated rings. The molecular weight excluding hydrogens is 431 g/mol. The molecule has 0 bridgehead atoms. The van der Waals surface area contributed by atoms with E-state index in [1.165, 1.54) is 28.1 Å². The van der Waals surface area contributed by atoms with Crippen molar-refractivity contribution in [2.24, 2.45) is 11.0 Å². The van der Waals surface area contributed by atoms with Crippen LogP contribution in [0.5, 0.6) is 0 Å². The first-order chi connectivity index (χ1) is 15.7. The second kappa shape index (κ2) is 11.3.